The van der Waals surface area contributed by atoms with Crippen molar-refractivity contribution < 1.29 is 14.6 Å². The van der Waals surface area contributed by atoms with Crippen LogP contribution in [0.5, 0.6) is 5.75 Å². The zero-order valence-corrected chi connectivity index (χ0v) is 22.9. The van der Waals surface area contributed by atoms with Gasteiger partial charge < -0.3 is 14.7 Å². The second-order valence-corrected chi connectivity index (χ2v) is 11.1. The molecule has 2 aromatic carbocycles. The van der Waals surface area contributed by atoms with Gasteiger partial charge in [-0.15, -0.1) is 5.10 Å². The molecule has 0 saturated heterocycles. The number of nitrogens with zero attached hydrogens (tertiary/aromatic N) is 3. The molecule has 0 bridgehead atoms. The smallest absolute Gasteiger partial charge is 0.230 e. The lowest BCUT2D eigenvalue weighted by Gasteiger charge is -2.36. The van der Waals surface area contributed by atoms with Gasteiger partial charge in [0.15, 0.2) is 5.69 Å². The first kappa shape index (κ1) is 27.0. The number of hydrogen-bond acceptors (Lipinski definition) is 5. The number of ether oxygens (including phenoxy) is 1. The summed E-state index contributed by atoms with van der Waals surface area (Å²) in [6.07, 6.45) is 8.61. The molecular formula is C32H38N4O3. The van der Waals surface area contributed by atoms with Gasteiger partial charge in [0.05, 0.1) is 19.4 Å². The van der Waals surface area contributed by atoms with Gasteiger partial charge in [-0.25, -0.2) is 0 Å². The molecule has 1 aromatic heterocycles. The highest BCUT2D eigenvalue weighted by Crippen LogP contribution is 2.38. The number of anilines is 1. The molecule has 0 aliphatic heterocycles. The van der Waals surface area contributed by atoms with Crippen LogP contribution in [0.3, 0.4) is 0 Å². The van der Waals surface area contributed by atoms with Gasteiger partial charge >= 0.3 is 0 Å². The summed E-state index contributed by atoms with van der Waals surface area (Å²) in [7, 11) is 1.72. The summed E-state index contributed by atoms with van der Waals surface area (Å²) in [5.74, 6) is 8.24. The van der Waals surface area contributed by atoms with Crippen molar-refractivity contribution in [2.24, 2.45) is 11.8 Å². The first-order valence-corrected chi connectivity index (χ1v) is 14.1. The van der Waals surface area contributed by atoms with Crippen molar-refractivity contribution in [3.05, 3.63) is 71.0 Å². The topological polar surface area (TPSA) is 91.3 Å². The van der Waals surface area contributed by atoms with Gasteiger partial charge in [0, 0.05) is 23.7 Å². The van der Waals surface area contributed by atoms with Crippen molar-refractivity contribution in [3.63, 3.8) is 0 Å². The molecule has 39 heavy (non-hydrogen) atoms. The summed E-state index contributed by atoms with van der Waals surface area (Å²) >= 11 is 0. The van der Waals surface area contributed by atoms with Crippen LogP contribution in [0.25, 0.3) is 0 Å². The van der Waals surface area contributed by atoms with Crippen LogP contribution in [-0.4, -0.2) is 46.2 Å². The minimum absolute atomic E-state index is 0.0446. The number of aromatic amines is 1. The number of methoxy groups -OCH3 is 1. The van der Waals surface area contributed by atoms with Crippen molar-refractivity contribution in [2.45, 2.75) is 70.3 Å². The van der Waals surface area contributed by atoms with Crippen LogP contribution in [0.2, 0.25) is 0 Å². The molecule has 2 saturated carbocycles. The van der Waals surface area contributed by atoms with Gasteiger partial charge in [0.2, 0.25) is 5.91 Å². The lowest BCUT2D eigenvalue weighted by Crippen LogP contribution is -2.41. The molecule has 2 aliphatic carbocycles. The molecule has 1 heterocycles. The normalized spacial score (nSPS) is 22.9. The highest BCUT2D eigenvalue weighted by atomic mass is 16.5. The Morgan fingerprint density at radius 3 is 2.54 bits per heavy atom. The predicted octanol–water partition coefficient (Wildman–Crippen LogP) is 5.38. The van der Waals surface area contributed by atoms with Crippen LogP contribution >= 0.6 is 0 Å². The maximum atomic E-state index is 13.9. The number of aryl methyl sites for hydroxylation is 1. The highest BCUT2D eigenvalue weighted by molar-refractivity contribution is 5.95. The number of nitrogens with one attached hydrogen (secondary N) is 1. The van der Waals surface area contributed by atoms with E-state index in [2.05, 4.69) is 52.4 Å². The number of carbonyl (C=O) groups excluding carboxylic acids is 1. The van der Waals surface area contributed by atoms with Crippen LogP contribution in [0.4, 0.5) is 5.69 Å². The van der Waals surface area contributed by atoms with Gasteiger partial charge in [-0.05, 0) is 111 Å². The molecule has 0 atom stereocenters. The molecule has 204 valence electrons. The minimum Gasteiger partial charge on any atom is -0.496 e. The van der Waals surface area contributed by atoms with E-state index in [-0.39, 0.29) is 17.9 Å². The maximum Gasteiger partial charge on any atom is 0.230 e. The number of hydrogen-bond donors (Lipinski definition) is 2. The molecule has 2 aliphatic rings. The molecule has 1 amide bonds. The fourth-order valence-electron chi connectivity index (χ4n) is 6.11. The Labute approximate surface area is 231 Å². The van der Waals surface area contributed by atoms with Crippen molar-refractivity contribution in [2.75, 3.05) is 18.6 Å². The summed E-state index contributed by atoms with van der Waals surface area (Å²) in [6.45, 7) is 2.82. The summed E-state index contributed by atoms with van der Waals surface area (Å²) in [6, 6.07) is 14.5. The molecule has 0 radical (unpaired) electrons. The molecule has 3 aromatic rings. The van der Waals surface area contributed by atoms with Crippen molar-refractivity contribution in [3.8, 4) is 17.6 Å². The van der Waals surface area contributed by atoms with Gasteiger partial charge in [0.25, 0.3) is 0 Å². The molecule has 2 fully saturated rings. The Kier molecular flexibility index (Phi) is 8.63. The SMILES string of the molecule is COc1ccc([C@H]2CC[C@H](CN(c3cccc(C#Cc4cn[nH]n4)c3)C(=O)[C@H]3CC[C@H](O)CC3)CC2)cc1C. The lowest BCUT2D eigenvalue weighted by atomic mass is 9.78. The third-order valence-corrected chi connectivity index (χ3v) is 8.40. The Morgan fingerprint density at radius 1 is 1.05 bits per heavy atom. The van der Waals surface area contributed by atoms with E-state index in [1.165, 1.54) is 11.1 Å². The standard InChI is InChI=1S/C32H38N4O3/c1-22-18-27(13-17-31(22)39-2)25-9-6-24(7-10-25)21-36(32(38)26-11-15-30(37)16-12-26)29-5-3-4-23(19-29)8-14-28-20-33-35-34-28/h3-5,13,17-20,24-26,30,37H,6-7,9-12,15-16,21H2,1-2H3,(H,33,34,35)/t24-,25-,26-,30-. The second kappa shape index (κ2) is 12.5. The maximum absolute atomic E-state index is 13.9. The van der Waals surface area contributed by atoms with Crippen LogP contribution in [-0.2, 0) is 4.79 Å². The van der Waals surface area contributed by atoms with Crippen LogP contribution < -0.4 is 9.64 Å². The van der Waals surface area contributed by atoms with E-state index in [0.29, 0.717) is 36.9 Å². The van der Waals surface area contributed by atoms with E-state index in [9.17, 15) is 9.90 Å². The number of H-pyrrole nitrogens is 1. The fourth-order valence-corrected chi connectivity index (χ4v) is 6.11. The second-order valence-electron chi connectivity index (χ2n) is 11.1. The van der Waals surface area contributed by atoms with Gasteiger partial charge in [-0.1, -0.05) is 24.1 Å². The first-order chi connectivity index (χ1) is 19.0. The van der Waals surface area contributed by atoms with Crippen LogP contribution in [0, 0.1) is 30.6 Å². The third-order valence-electron chi connectivity index (χ3n) is 8.40. The quantitative estimate of drug-likeness (QED) is 0.421. The number of aromatic nitrogens is 3. The lowest BCUT2D eigenvalue weighted by molar-refractivity contribution is -0.124. The number of benzene rings is 2. The third kappa shape index (κ3) is 6.69. The summed E-state index contributed by atoms with van der Waals surface area (Å²) in [5.41, 5.74) is 4.88. The van der Waals surface area contributed by atoms with Gasteiger partial charge in [-0.2, -0.15) is 10.3 Å². The number of rotatable bonds is 6. The zero-order valence-electron chi connectivity index (χ0n) is 22.9. The van der Waals surface area contributed by atoms with E-state index in [0.717, 1.165) is 55.5 Å². The average molecular weight is 527 g/mol. The fraction of sp³-hybridized carbons (Fsp3) is 0.469. The van der Waals surface area contributed by atoms with E-state index < -0.39 is 0 Å². The average Bonchev–Trinajstić information content (AvgIpc) is 3.49. The molecule has 0 unspecified atom stereocenters. The van der Waals surface area contributed by atoms with Gasteiger partial charge in [0.1, 0.15) is 5.75 Å². The minimum atomic E-state index is -0.283. The molecule has 2 N–H and O–H groups in total. The molecular weight excluding hydrogens is 488 g/mol. The number of carbonyl (C=O) groups is 1. The van der Waals surface area contributed by atoms with Crippen LogP contribution in [0.15, 0.2) is 48.7 Å². The van der Waals surface area contributed by atoms with Gasteiger partial charge in [-0.3, -0.25) is 4.79 Å². The summed E-state index contributed by atoms with van der Waals surface area (Å²) < 4.78 is 5.44. The molecule has 7 nitrogen and oxygen atoms in total. The highest BCUT2D eigenvalue weighted by Gasteiger charge is 2.32. The predicted molar refractivity (Wildman–Crippen MR) is 152 cm³/mol. The summed E-state index contributed by atoms with van der Waals surface area (Å²) in [5, 5.41) is 20.4. The van der Waals surface area contributed by atoms with E-state index in [4.69, 9.17) is 4.74 Å². The first-order valence-electron chi connectivity index (χ1n) is 14.1. The van der Waals surface area contributed by atoms with E-state index in [1.54, 1.807) is 13.3 Å². The van der Waals surface area contributed by atoms with Crippen LogP contribution in [0.1, 0.15) is 79.7 Å². The van der Waals surface area contributed by atoms with Crippen molar-refractivity contribution >= 4 is 11.6 Å². The molecule has 5 rings (SSSR count). The van der Waals surface area contributed by atoms with Crippen molar-refractivity contribution in [1.82, 2.24) is 15.4 Å². The molecule has 7 heteroatoms. The number of amides is 1. The summed E-state index contributed by atoms with van der Waals surface area (Å²) in [4.78, 5) is 15.9. The monoisotopic (exact) mass is 526 g/mol. The Hall–Kier alpha value is -3.63. The van der Waals surface area contributed by atoms with E-state index in [1.807, 2.05) is 29.2 Å². The zero-order chi connectivity index (χ0) is 27.2. The Bertz CT molecular complexity index is 1310. The Morgan fingerprint density at radius 2 is 1.85 bits per heavy atom. The number of aliphatic hydroxyl groups is 1. The van der Waals surface area contributed by atoms with Crippen molar-refractivity contribution in [1.29, 1.82) is 0 Å². The Balaban J connectivity index is 1.31. The van der Waals surface area contributed by atoms with E-state index >= 15 is 0 Å². The molecule has 0 spiro atoms. The number of aliphatic hydroxyl groups excluding tert-OH is 1. The largest absolute Gasteiger partial charge is 0.496 e.